The highest BCUT2D eigenvalue weighted by molar-refractivity contribution is 7.92. The fraction of sp³-hybridized carbons (Fsp3) is 0.278. The molecule has 0 aliphatic rings. The Bertz CT molecular complexity index is 1900. The molecule has 1 N–H and O–H groups in total. The van der Waals surface area contributed by atoms with Gasteiger partial charge in [0.1, 0.15) is 18.4 Å². The fourth-order valence-corrected chi connectivity index (χ4v) is 6.70. The molecular weight excluding hydrogens is 682 g/mol. The number of sulfonamides is 1. The molecule has 0 spiro atoms. The van der Waals surface area contributed by atoms with Crippen LogP contribution in [0.5, 0.6) is 0 Å². The summed E-state index contributed by atoms with van der Waals surface area (Å²) in [6, 6.07) is 21.1. The van der Waals surface area contributed by atoms with Gasteiger partial charge in [-0.1, -0.05) is 77.8 Å². The molecule has 0 aliphatic heterocycles. The maximum absolute atomic E-state index is 15.1. The lowest BCUT2D eigenvalue weighted by Gasteiger charge is -2.35. The average molecular weight is 718 g/mol. The van der Waals surface area contributed by atoms with Crippen LogP contribution in [-0.4, -0.2) is 43.3 Å². The Morgan fingerprint density at radius 3 is 2.08 bits per heavy atom. The van der Waals surface area contributed by atoms with Gasteiger partial charge in [0.25, 0.3) is 10.0 Å². The minimum atomic E-state index is -4.95. The van der Waals surface area contributed by atoms with Crippen molar-refractivity contribution in [1.82, 2.24) is 10.2 Å². The first-order valence-electron chi connectivity index (χ1n) is 15.2. The second kappa shape index (κ2) is 15.0. The van der Waals surface area contributed by atoms with Crippen LogP contribution in [0.4, 0.5) is 23.2 Å². The highest BCUT2D eigenvalue weighted by atomic mass is 35.5. The zero-order chi connectivity index (χ0) is 36.1. The van der Waals surface area contributed by atoms with Crippen molar-refractivity contribution in [1.29, 1.82) is 0 Å². The molecular formula is C36H36ClF4N3O4S. The molecule has 4 aromatic rings. The Kier molecular flexibility index (Phi) is 11.4. The van der Waals surface area contributed by atoms with E-state index in [0.29, 0.717) is 15.9 Å². The van der Waals surface area contributed by atoms with Gasteiger partial charge in [-0.15, -0.1) is 0 Å². The third-order valence-corrected chi connectivity index (χ3v) is 9.62. The molecule has 260 valence electrons. The highest BCUT2D eigenvalue weighted by Gasteiger charge is 2.38. The predicted molar refractivity (Wildman–Crippen MR) is 181 cm³/mol. The van der Waals surface area contributed by atoms with Crippen molar-refractivity contribution >= 4 is 39.1 Å². The summed E-state index contributed by atoms with van der Waals surface area (Å²) in [7, 11) is -4.69. The van der Waals surface area contributed by atoms with E-state index in [4.69, 9.17) is 11.6 Å². The van der Waals surface area contributed by atoms with E-state index < -0.39 is 74.8 Å². The zero-order valence-electron chi connectivity index (χ0n) is 27.3. The van der Waals surface area contributed by atoms with Crippen molar-refractivity contribution in [2.75, 3.05) is 10.8 Å². The fourth-order valence-electron chi connectivity index (χ4n) is 5.07. The molecule has 0 aromatic heterocycles. The van der Waals surface area contributed by atoms with Crippen LogP contribution in [-0.2, 0) is 38.8 Å². The summed E-state index contributed by atoms with van der Waals surface area (Å²) < 4.78 is 85.8. The van der Waals surface area contributed by atoms with Gasteiger partial charge in [0.05, 0.1) is 21.2 Å². The molecule has 1 atom stereocenters. The van der Waals surface area contributed by atoms with Crippen LogP contribution in [0.2, 0.25) is 5.02 Å². The monoisotopic (exact) mass is 717 g/mol. The van der Waals surface area contributed by atoms with Crippen LogP contribution >= 0.6 is 11.6 Å². The van der Waals surface area contributed by atoms with E-state index in [-0.39, 0.29) is 16.9 Å². The van der Waals surface area contributed by atoms with Crippen LogP contribution in [0.3, 0.4) is 0 Å². The lowest BCUT2D eigenvalue weighted by atomic mass is 10.0. The molecule has 7 nitrogen and oxygen atoms in total. The summed E-state index contributed by atoms with van der Waals surface area (Å²) in [4.78, 5) is 29.2. The number of aryl methyl sites for hydroxylation is 1. The second-order valence-corrected chi connectivity index (χ2v) is 14.8. The van der Waals surface area contributed by atoms with E-state index in [2.05, 4.69) is 5.32 Å². The topological polar surface area (TPSA) is 86.8 Å². The SMILES string of the molecule is Cc1ccc(S(=O)(=O)N(CC(=O)N(Cc2ccccc2F)[C@@H](Cc2ccccc2)C(=O)NC(C)(C)C)c2ccc(Cl)c(C(F)(F)F)c2)cc1. The van der Waals surface area contributed by atoms with Crippen molar-refractivity contribution in [3.05, 3.63) is 130 Å². The van der Waals surface area contributed by atoms with Crippen LogP contribution in [0.1, 0.15) is 43.0 Å². The lowest BCUT2D eigenvalue weighted by Crippen LogP contribution is -2.56. The number of alkyl halides is 3. The predicted octanol–water partition coefficient (Wildman–Crippen LogP) is 7.56. The number of halogens is 5. The summed E-state index contributed by atoms with van der Waals surface area (Å²) in [5, 5.41) is 2.19. The number of hydrogen-bond acceptors (Lipinski definition) is 4. The van der Waals surface area contributed by atoms with Gasteiger partial charge in [-0.05, 0) is 69.7 Å². The molecule has 4 rings (SSSR count). The second-order valence-electron chi connectivity index (χ2n) is 12.5. The molecule has 0 heterocycles. The van der Waals surface area contributed by atoms with Gasteiger partial charge in [0, 0.05) is 24.1 Å². The summed E-state index contributed by atoms with van der Waals surface area (Å²) in [6.45, 7) is 5.46. The molecule has 0 fully saturated rings. The summed E-state index contributed by atoms with van der Waals surface area (Å²) in [5.74, 6) is -2.24. The summed E-state index contributed by atoms with van der Waals surface area (Å²) in [6.07, 6.45) is -4.98. The third kappa shape index (κ3) is 9.60. The van der Waals surface area contributed by atoms with Crippen LogP contribution in [0.25, 0.3) is 0 Å². The number of rotatable bonds is 11. The minimum Gasteiger partial charge on any atom is -0.350 e. The lowest BCUT2D eigenvalue weighted by molar-refractivity contribution is -0.140. The Labute approximate surface area is 288 Å². The molecule has 0 radical (unpaired) electrons. The summed E-state index contributed by atoms with van der Waals surface area (Å²) in [5.41, 5.74) is -1.14. The van der Waals surface area contributed by atoms with Gasteiger partial charge < -0.3 is 10.2 Å². The standard InChI is InChI=1S/C36H36ClF4N3O4S/c1-24-14-17-28(18-15-24)49(47,48)44(27-16-19-30(37)29(21-27)36(39,40)41)23-33(45)43(22-26-12-8-9-13-31(26)38)32(34(46)42-35(2,3)4)20-25-10-6-5-7-11-25/h5-19,21,32H,20,22-23H2,1-4H3,(H,42,46)/t32-/m0/s1. The van der Waals surface area contributed by atoms with Crippen LogP contribution in [0.15, 0.2) is 102 Å². The van der Waals surface area contributed by atoms with Gasteiger partial charge in [-0.2, -0.15) is 13.2 Å². The van der Waals surface area contributed by atoms with E-state index in [1.54, 1.807) is 64.1 Å². The van der Waals surface area contributed by atoms with E-state index >= 15 is 4.39 Å². The van der Waals surface area contributed by atoms with Crippen molar-refractivity contribution in [2.45, 2.75) is 63.3 Å². The number of hydrogen-bond donors (Lipinski definition) is 1. The Morgan fingerprint density at radius 1 is 0.878 bits per heavy atom. The Morgan fingerprint density at radius 2 is 1.49 bits per heavy atom. The first kappa shape index (κ1) is 37.4. The maximum Gasteiger partial charge on any atom is 0.417 e. The maximum atomic E-state index is 15.1. The van der Waals surface area contributed by atoms with Gasteiger partial charge in [-0.3, -0.25) is 13.9 Å². The molecule has 0 saturated heterocycles. The molecule has 49 heavy (non-hydrogen) atoms. The normalized spacial score (nSPS) is 12.7. The van der Waals surface area contributed by atoms with Crippen LogP contribution in [0, 0.1) is 12.7 Å². The molecule has 0 unspecified atom stereocenters. The molecule has 0 bridgehead atoms. The third-order valence-electron chi connectivity index (χ3n) is 7.50. The number of carbonyl (C=O) groups excluding carboxylic acids is 2. The first-order valence-corrected chi connectivity index (χ1v) is 17.0. The van der Waals surface area contributed by atoms with E-state index in [9.17, 15) is 31.2 Å². The van der Waals surface area contributed by atoms with Gasteiger partial charge in [0.2, 0.25) is 11.8 Å². The van der Waals surface area contributed by atoms with Gasteiger partial charge in [-0.25, -0.2) is 12.8 Å². The number of benzene rings is 4. The van der Waals surface area contributed by atoms with E-state index in [1.165, 1.54) is 42.5 Å². The molecule has 4 aromatic carbocycles. The van der Waals surface area contributed by atoms with E-state index in [0.717, 1.165) is 22.6 Å². The largest absolute Gasteiger partial charge is 0.417 e. The minimum absolute atomic E-state index is 0.0349. The number of nitrogens with zero attached hydrogens (tertiary/aromatic N) is 2. The summed E-state index contributed by atoms with van der Waals surface area (Å²) >= 11 is 5.86. The number of amides is 2. The number of carbonyl (C=O) groups is 2. The zero-order valence-corrected chi connectivity index (χ0v) is 28.8. The van der Waals surface area contributed by atoms with Crippen molar-refractivity contribution in [3.8, 4) is 0 Å². The highest BCUT2D eigenvalue weighted by Crippen LogP contribution is 2.38. The first-order chi connectivity index (χ1) is 22.9. The quantitative estimate of drug-likeness (QED) is 0.162. The molecule has 0 saturated carbocycles. The number of nitrogens with one attached hydrogen (secondary N) is 1. The molecule has 13 heteroatoms. The Balaban J connectivity index is 1.89. The van der Waals surface area contributed by atoms with Crippen LogP contribution < -0.4 is 9.62 Å². The molecule has 2 amide bonds. The smallest absolute Gasteiger partial charge is 0.350 e. The van der Waals surface area contributed by atoms with E-state index in [1.807, 2.05) is 0 Å². The number of anilines is 1. The van der Waals surface area contributed by atoms with Crippen molar-refractivity contribution in [2.24, 2.45) is 0 Å². The van der Waals surface area contributed by atoms with Crippen molar-refractivity contribution < 1.29 is 35.6 Å². The van der Waals surface area contributed by atoms with Gasteiger partial charge in [0.15, 0.2) is 0 Å². The van der Waals surface area contributed by atoms with Crippen molar-refractivity contribution in [3.63, 3.8) is 0 Å². The molecule has 0 aliphatic carbocycles. The van der Waals surface area contributed by atoms with Gasteiger partial charge >= 0.3 is 6.18 Å². The average Bonchev–Trinajstić information content (AvgIpc) is 3.02. The Hall–Kier alpha value is -4.42.